The summed E-state index contributed by atoms with van der Waals surface area (Å²) in [5, 5.41) is 4.55. The lowest BCUT2D eigenvalue weighted by molar-refractivity contribution is -0.119. The molecule has 2 heterocycles. The summed E-state index contributed by atoms with van der Waals surface area (Å²) >= 11 is 12.5. The highest BCUT2D eigenvalue weighted by Gasteiger charge is 2.47. The number of nitrogens with one attached hydrogen (secondary N) is 1. The molecule has 0 bridgehead atoms. The van der Waals surface area contributed by atoms with Crippen LogP contribution in [0.25, 0.3) is 11.3 Å². The predicted octanol–water partition coefficient (Wildman–Crippen LogP) is 7.23. The van der Waals surface area contributed by atoms with E-state index in [0.29, 0.717) is 45.6 Å². The third-order valence-electron chi connectivity index (χ3n) is 6.83. The monoisotopic (exact) mass is 483 g/mol. The predicted molar refractivity (Wildman–Crippen MR) is 130 cm³/mol. The number of ketones is 2. The molecule has 2 aliphatic carbocycles. The fourth-order valence-electron chi connectivity index (χ4n) is 5.52. The van der Waals surface area contributed by atoms with Crippen LogP contribution in [0.5, 0.6) is 0 Å². The van der Waals surface area contributed by atoms with E-state index < -0.39 is 5.92 Å². The van der Waals surface area contributed by atoms with Gasteiger partial charge in [0.2, 0.25) is 0 Å². The highest BCUT2D eigenvalue weighted by molar-refractivity contribution is 6.36. The number of furan rings is 1. The molecule has 5 rings (SSSR count). The molecule has 1 aromatic carbocycles. The van der Waals surface area contributed by atoms with E-state index in [1.54, 1.807) is 12.1 Å². The zero-order valence-corrected chi connectivity index (χ0v) is 20.8. The Hall–Kier alpha value is -2.30. The molecule has 1 aliphatic heterocycles. The maximum atomic E-state index is 13.4. The molecule has 0 radical (unpaired) electrons. The van der Waals surface area contributed by atoms with Gasteiger partial charge >= 0.3 is 0 Å². The van der Waals surface area contributed by atoms with Crippen LogP contribution in [0, 0.1) is 10.8 Å². The van der Waals surface area contributed by atoms with Crippen molar-refractivity contribution in [3.63, 3.8) is 0 Å². The van der Waals surface area contributed by atoms with Crippen LogP contribution in [0.15, 0.2) is 57.3 Å². The summed E-state index contributed by atoms with van der Waals surface area (Å²) in [6.07, 6.45) is 2.41. The van der Waals surface area contributed by atoms with Crippen molar-refractivity contribution in [3.05, 3.63) is 68.7 Å². The Balaban J connectivity index is 1.66. The van der Waals surface area contributed by atoms with Gasteiger partial charge in [-0.15, -0.1) is 0 Å². The zero-order chi connectivity index (χ0) is 23.7. The minimum atomic E-state index is -0.497. The highest BCUT2D eigenvalue weighted by Crippen LogP contribution is 2.51. The molecule has 0 unspecified atom stereocenters. The molecule has 4 nitrogen and oxygen atoms in total. The van der Waals surface area contributed by atoms with Gasteiger partial charge in [0.05, 0.1) is 10.9 Å². The molecule has 2 aromatic rings. The molecule has 33 heavy (non-hydrogen) atoms. The second kappa shape index (κ2) is 7.61. The second-order valence-electron chi connectivity index (χ2n) is 11.1. The number of allylic oxidation sites excluding steroid dienone is 4. The fraction of sp³-hybridized carbons (Fsp3) is 0.407. The quantitative estimate of drug-likeness (QED) is 0.489. The minimum absolute atomic E-state index is 0.0745. The zero-order valence-electron chi connectivity index (χ0n) is 19.3. The van der Waals surface area contributed by atoms with Crippen LogP contribution in [0.1, 0.15) is 65.1 Å². The smallest absolute Gasteiger partial charge is 0.162 e. The summed E-state index contributed by atoms with van der Waals surface area (Å²) in [4.78, 5) is 26.8. The lowest BCUT2D eigenvalue weighted by Crippen LogP contribution is -2.42. The molecule has 1 N–H and O–H groups in total. The van der Waals surface area contributed by atoms with Crippen molar-refractivity contribution in [1.29, 1.82) is 0 Å². The molecule has 6 heteroatoms. The number of hydrogen-bond acceptors (Lipinski definition) is 4. The first kappa shape index (κ1) is 22.5. The lowest BCUT2D eigenvalue weighted by Gasteiger charge is -2.43. The second-order valence-corrected chi connectivity index (χ2v) is 11.9. The molecule has 172 valence electrons. The van der Waals surface area contributed by atoms with Gasteiger partial charge in [0, 0.05) is 46.0 Å². The number of carbonyl (C=O) groups excluding carboxylic acids is 2. The van der Waals surface area contributed by atoms with E-state index >= 15 is 0 Å². The van der Waals surface area contributed by atoms with Crippen LogP contribution >= 0.6 is 23.2 Å². The van der Waals surface area contributed by atoms with Gasteiger partial charge < -0.3 is 9.73 Å². The first-order chi connectivity index (χ1) is 15.4. The standard InChI is InChI=1S/C27H27Cl2NO3/c1-26(2)10-17-23(19(31)12-26)25(24-18(30-17)11-27(3,4)13-20(24)32)22-8-7-21(33-22)15-6-5-14(28)9-16(15)29/h5-9,25,30H,10-13H2,1-4H3. The van der Waals surface area contributed by atoms with E-state index in [2.05, 4.69) is 33.0 Å². The Morgan fingerprint density at radius 2 is 1.42 bits per heavy atom. The topological polar surface area (TPSA) is 59.3 Å². The van der Waals surface area contributed by atoms with E-state index in [1.165, 1.54) is 0 Å². The fourth-order valence-corrected chi connectivity index (χ4v) is 6.02. The number of Topliss-reactive ketones (excluding diaryl/α,β-unsaturated/α-hetero) is 2. The highest BCUT2D eigenvalue weighted by atomic mass is 35.5. The van der Waals surface area contributed by atoms with Gasteiger partial charge in [-0.05, 0) is 54.0 Å². The van der Waals surface area contributed by atoms with Crippen molar-refractivity contribution in [2.24, 2.45) is 10.8 Å². The summed E-state index contributed by atoms with van der Waals surface area (Å²) < 4.78 is 6.30. The van der Waals surface area contributed by atoms with E-state index in [1.807, 2.05) is 18.2 Å². The van der Waals surface area contributed by atoms with Crippen molar-refractivity contribution >= 4 is 34.8 Å². The van der Waals surface area contributed by atoms with E-state index in [0.717, 1.165) is 29.8 Å². The molecule has 0 amide bonds. The number of carbonyl (C=O) groups is 2. The molecule has 0 saturated heterocycles. The number of dihydropyridines is 1. The van der Waals surface area contributed by atoms with Crippen molar-refractivity contribution < 1.29 is 14.0 Å². The first-order valence-electron chi connectivity index (χ1n) is 11.3. The Labute approximate surface area is 204 Å². The average Bonchev–Trinajstić information content (AvgIpc) is 3.13. The summed E-state index contributed by atoms with van der Waals surface area (Å²) in [7, 11) is 0. The van der Waals surface area contributed by atoms with E-state index in [4.69, 9.17) is 27.6 Å². The lowest BCUT2D eigenvalue weighted by atomic mass is 9.65. The van der Waals surface area contributed by atoms with Crippen LogP contribution in [0.2, 0.25) is 10.0 Å². The molecule has 0 atom stereocenters. The summed E-state index contributed by atoms with van der Waals surface area (Å²) in [5.41, 5.74) is 3.64. The largest absolute Gasteiger partial charge is 0.460 e. The van der Waals surface area contributed by atoms with Crippen LogP contribution in [0.3, 0.4) is 0 Å². The summed E-state index contributed by atoms with van der Waals surface area (Å²) in [6, 6.07) is 8.96. The van der Waals surface area contributed by atoms with Crippen molar-refractivity contribution in [2.45, 2.75) is 59.3 Å². The minimum Gasteiger partial charge on any atom is -0.460 e. The third-order valence-corrected chi connectivity index (χ3v) is 7.37. The Morgan fingerprint density at radius 1 is 0.848 bits per heavy atom. The van der Waals surface area contributed by atoms with Gasteiger partial charge in [0.1, 0.15) is 11.5 Å². The van der Waals surface area contributed by atoms with Crippen LogP contribution < -0.4 is 5.32 Å². The SMILES string of the molecule is CC1(C)CC(=O)C2=C(C1)NC1=C(C(=O)CC(C)(C)C1)C2c1ccc(-c2ccc(Cl)cc2Cl)o1. The number of halogens is 2. The summed E-state index contributed by atoms with van der Waals surface area (Å²) in [5.74, 6) is 0.833. The Bertz CT molecular complexity index is 1210. The molecule has 0 saturated carbocycles. The van der Waals surface area contributed by atoms with Crippen LogP contribution in [0.4, 0.5) is 0 Å². The van der Waals surface area contributed by atoms with Gasteiger partial charge in [-0.1, -0.05) is 50.9 Å². The number of hydrogen-bond donors (Lipinski definition) is 1. The Kier molecular flexibility index (Phi) is 5.19. The normalized spacial score (nSPS) is 22.2. The number of rotatable bonds is 2. The van der Waals surface area contributed by atoms with E-state index in [9.17, 15) is 9.59 Å². The van der Waals surface area contributed by atoms with Crippen LogP contribution in [-0.4, -0.2) is 11.6 Å². The van der Waals surface area contributed by atoms with Gasteiger partial charge in [-0.2, -0.15) is 0 Å². The molecule has 1 aromatic heterocycles. The molecular formula is C27H27Cl2NO3. The third kappa shape index (κ3) is 3.98. The maximum Gasteiger partial charge on any atom is 0.162 e. The van der Waals surface area contributed by atoms with Gasteiger partial charge in [0.15, 0.2) is 11.6 Å². The van der Waals surface area contributed by atoms with Crippen LogP contribution in [-0.2, 0) is 9.59 Å². The molecule has 0 spiro atoms. The average molecular weight is 484 g/mol. The molecular weight excluding hydrogens is 457 g/mol. The van der Waals surface area contributed by atoms with Gasteiger partial charge in [0.25, 0.3) is 0 Å². The van der Waals surface area contributed by atoms with E-state index in [-0.39, 0.29) is 22.4 Å². The molecule has 0 fully saturated rings. The van der Waals surface area contributed by atoms with Crippen molar-refractivity contribution in [2.75, 3.05) is 0 Å². The Morgan fingerprint density at radius 3 is 1.97 bits per heavy atom. The summed E-state index contributed by atoms with van der Waals surface area (Å²) in [6.45, 7) is 8.44. The van der Waals surface area contributed by atoms with Gasteiger partial charge in [-0.25, -0.2) is 0 Å². The number of benzene rings is 1. The first-order valence-corrected chi connectivity index (χ1v) is 12.0. The van der Waals surface area contributed by atoms with Crippen molar-refractivity contribution in [1.82, 2.24) is 5.32 Å². The van der Waals surface area contributed by atoms with Crippen molar-refractivity contribution in [3.8, 4) is 11.3 Å². The maximum absolute atomic E-state index is 13.4. The molecule has 3 aliphatic rings. The van der Waals surface area contributed by atoms with Gasteiger partial charge in [-0.3, -0.25) is 9.59 Å².